The van der Waals surface area contributed by atoms with E-state index in [0.717, 1.165) is 11.1 Å². The van der Waals surface area contributed by atoms with Gasteiger partial charge in [-0.3, -0.25) is 9.36 Å². The molecule has 4 aromatic rings. The minimum absolute atomic E-state index is 0.00140. The van der Waals surface area contributed by atoms with Gasteiger partial charge in [-0.15, -0.1) is 11.3 Å². The summed E-state index contributed by atoms with van der Waals surface area (Å²) in [5, 5.41) is 7.13. The topological polar surface area (TPSA) is 73.8 Å². The summed E-state index contributed by atoms with van der Waals surface area (Å²) in [7, 11) is 0. The highest BCUT2D eigenvalue weighted by Gasteiger charge is 2.16. The molecule has 0 atom stereocenters. The second-order valence-corrected chi connectivity index (χ2v) is 8.89. The van der Waals surface area contributed by atoms with Crippen molar-refractivity contribution in [3.63, 3.8) is 0 Å². The minimum Gasteiger partial charge on any atom is -0.338 e. The molecule has 9 heteroatoms. The number of aromatic nitrogens is 4. The van der Waals surface area contributed by atoms with Crippen LogP contribution in [0, 0.1) is 5.92 Å². The van der Waals surface area contributed by atoms with Gasteiger partial charge in [0.05, 0.1) is 16.3 Å². The third kappa shape index (κ3) is 3.85. The summed E-state index contributed by atoms with van der Waals surface area (Å²) < 4.78 is 7.79. The zero-order valence-corrected chi connectivity index (χ0v) is 17.6. The summed E-state index contributed by atoms with van der Waals surface area (Å²) in [4.78, 5) is 21.9. The van der Waals surface area contributed by atoms with Gasteiger partial charge >= 0.3 is 0 Å². The quantitative estimate of drug-likeness (QED) is 0.311. The van der Waals surface area contributed by atoms with E-state index < -0.39 is 0 Å². The number of hydrogen-bond acceptors (Lipinski definition) is 7. The zero-order valence-electron chi connectivity index (χ0n) is 15.3. The molecule has 1 aromatic carbocycles. The van der Waals surface area contributed by atoms with Gasteiger partial charge in [0.1, 0.15) is 4.70 Å². The molecule has 0 aliphatic carbocycles. The van der Waals surface area contributed by atoms with Crippen LogP contribution >= 0.6 is 34.7 Å². The number of rotatable bonds is 6. The number of halogens is 1. The molecule has 144 valence electrons. The lowest BCUT2D eigenvalue weighted by atomic mass is 10.2. The van der Waals surface area contributed by atoms with E-state index in [2.05, 4.69) is 29.0 Å². The van der Waals surface area contributed by atoms with Crippen LogP contribution in [0.15, 0.2) is 50.2 Å². The van der Waals surface area contributed by atoms with Crippen LogP contribution in [0.4, 0.5) is 0 Å². The first-order valence-electron chi connectivity index (χ1n) is 8.71. The standard InChI is InChI=1S/C19H17ClN4O2S2/c1-11(2)9-24-18(25)16-14(7-8-27-16)21-19(24)28-10-15-22-17(23-26-15)12-5-3-4-6-13(12)20/h3-8,11H,9-10H2,1-2H3. The Morgan fingerprint density at radius 2 is 2.07 bits per heavy atom. The minimum atomic E-state index is -0.00140. The normalized spacial score (nSPS) is 11.6. The molecule has 0 saturated carbocycles. The van der Waals surface area contributed by atoms with Gasteiger partial charge < -0.3 is 4.52 Å². The van der Waals surface area contributed by atoms with Crippen molar-refractivity contribution >= 4 is 44.9 Å². The van der Waals surface area contributed by atoms with Crippen molar-refractivity contribution in [2.24, 2.45) is 5.92 Å². The molecule has 0 aliphatic rings. The first-order chi connectivity index (χ1) is 13.5. The fraction of sp³-hybridized carbons (Fsp3) is 0.263. The van der Waals surface area contributed by atoms with Crippen LogP contribution in [-0.2, 0) is 12.3 Å². The predicted molar refractivity (Wildman–Crippen MR) is 113 cm³/mol. The lowest BCUT2D eigenvalue weighted by Crippen LogP contribution is -2.24. The number of thioether (sulfide) groups is 1. The molecule has 0 aliphatic heterocycles. The van der Waals surface area contributed by atoms with Crippen LogP contribution < -0.4 is 5.56 Å². The molecule has 0 fully saturated rings. The first kappa shape index (κ1) is 19.2. The van der Waals surface area contributed by atoms with Gasteiger partial charge in [-0.25, -0.2) is 4.98 Å². The molecule has 0 spiro atoms. The smallest absolute Gasteiger partial charge is 0.272 e. The van der Waals surface area contributed by atoms with Crippen molar-refractivity contribution in [3.05, 3.63) is 57.0 Å². The Bertz CT molecular complexity index is 1180. The molecule has 0 bridgehead atoms. The third-order valence-corrected chi connectivity index (χ3v) is 6.17. The van der Waals surface area contributed by atoms with Gasteiger partial charge in [-0.2, -0.15) is 4.98 Å². The van der Waals surface area contributed by atoms with Crippen LogP contribution in [0.2, 0.25) is 5.02 Å². The van der Waals surface area contributed by atoms with Crippen LogP contribution in [0.1, 0.15) is 19.7 Å². The summed E-state index contributed by atoms with van der Waals surface area (Å²) in [5.74, 6) is 1.64. The number of thiophene rings is 1. The van der Waals surface area contributed by atoms with E-state index in [-0.39, 0.29) is 5.56 Å². The Morgan fingerprint density at radius 1 is 1.25 bits per heavy atom. The van der Waals surface area contributed by atoms with Crippen molar-refractivity contribution in [2.75, 3.05) is 0 Å². The summed E-state index contributed by atoms with van der Waals surface area (Å²) in [6.45, 7) is 4.76. The molecule has 0 N–H and O–H groups in total. The fourth-order valence-corrected chi connectivity index (χ4v) is 4.60. The maximum Gasteiger partial charge on any atom is 0.272 e. The van der Waals surface area contributed by atoms with Crippen LogP contribution in [0.3, 0.4) is 0 Å². The number of nitrogens with zero attached hydrogens (tertiary/aromatic N) is 4. The Kier molecular flexibility index (Phi) is 5.52. The predicted octanol–water partition coefficient (Wildman–Crippen LogP) is 5.11. The van der Waals surface area contributed by atoms with Crippen molar-refractivity contribution in [2.45, 2.75) is 31.3 Å². The first-order valence-corrected chi connectivity index (χ1v) is 11.0. The summed E-state index contributed by atoms with van der Waals surface area (Å²) >= 11 is 9.04. The van der Waals surface area contributed by atoms with Crippen molar-refractivity contribution in [1.29, 1.82) is 0 Å². The Hall–Kier alpha value is -2.16. The number of benzene rings is 1. The largest absolute Gasteiger partial charge is 0.338 e. The lowest BCUT2D eigenvalue weighted by molar-refractivity contribution is 0.391. The van der Waals surface area contributed by atoms with Crippen molar-refractivity contribution in [3.8, 4) is 11.4 Å². The third-order valence-electron chi connectivity index (χ3n) is 3.99. The van der Waals surface area contributed by atoms with Gasteiger partial charge in [-0.05, 0) is 29.5 Å². The van der Waals surface area contributed by atoms with Gasteiger partial charge in [0, 0.05) is 12.1 Å². The van der Waals surface area contributed by atoms with E-state index in [1.54, 1.807) is 10.6 Å². The van der Waals surface area contributed by atoms with E-state index in [1.165, 1.54) is 23.1 Å². The van der Waals surface area contributed by atoms with E-state index in [1.807, 2.05) is 29.6 Å². The second kappa shape index (κ2) is 8.06. The Labute approximate surface area is 174 Å². The number of fused-ring (bicyclic) bond motifs is 1. The van der Waals surface area contributed by atoms with Crippen molar-refractivity contribution in [1.82, 2.24) is 19.7 Å². The second-order valence-electron chi connectivity index (χ2n) is 6.62. The molecule has 0 amide bonds. The Balaban J connectivity index is 1.61. The van der Waals surface area contributed by atoms with E-state index >= 15 is 0 Å². The van der Waals surface area contributed by atoms with Crippen molar-refractivity contribution < 1.29 is 4.52 Å². The molecule has 3 aromatic heterocycles. The molecule has 0 saturated heterocycles. The molecule has 0 radical (unpaired) electrons. The van der Waals surface area contributed by atoms with Gasteiger partial charge in [0.15, 0.2) is 5.16 Å². The summed E-state index contributed by atoms with van der Waals surface area (Å²) in [6, 6.07) is 9.22. The molecule has 0 unspecified atom stereocenters. The van der Waals surface area contributed by atoms with Crippen LogP contribution in [0.25, 0.3) is 21.6 Å². The van der Waals surface area contributed by atoms with Crippen LogP contribution in [-0.4, -0.2) is 19.7 Å². The maximum atomic E-state index is 12.8. The highest BCUT2D eigenvalue weighted by molar-refractivity contribution is 7.98. The molecular weight excluding hydrogens is 416 g/mol. The zero-order chi connectivity index (χ0) is 19.7. The van der Waals surface area contributed by atoms with E-state index in [9.17, 15) is 4.79 Å². The highest BCUT2D eigenvalue weighted by Crippen LogP contribution is 2.27. The molecule has 4 rings (SSSR count). The molecule has 3 heterocycles. The number of hydrogen-bond donors (Lipinski definition) is 0. The highest BCUT2D eigenvalue weighted by atomic mass is 35.5. The maximum absolute atomic E-state index is 12.8. The van der Waals surface area contributed by atoms with Crippen LogP contribution in [0.5, 0.6) is 0 Å². The Morgan fingerprint density at radius 3 is 2.86 bits per heavy atom. The molecule has 6 nitrogen and oxygen atoms in total. The van der Waals surface area contributed by atoms with Gasteiger partial charge in [0.25, 0.3) is 5.56 Å². The summed E-state index contributed by atoms with van der Waals surface area (Å²) in [5.41, 5.74) is 1.44. The summed E-state index contributed by atoms with van der Waals surface area (Å²) in [6.07, 6.45) is 0. The van der Waals surface area contributed by atoms with Gasteiger partial charge in [-0.1, -0.05) is 54.5 Å². The fourth-order valence-electron chi connectivity index (χ4n) is 2.75. The van der Waals surface area contributed by atoms with Gasteiger partial charge in [0.2, 0.25) is 11.7 Å². The molecule has 28 heavy (non-hydrogen) atoms. The van der Waals surface area contributed by atoms with E-state index in [0.29, 0.717) is 44.8 Å². The molecular formula is C19H17ClN4O2S2. The monoisotopic (exact) mass is 432 g/mol. The average molecular weight is 433 g/mol. The lowest BCUT2D eigenvalue weighted by Gasteiger charge is -2.13. The SMILES string of the molecule is CC(C)Cn1c(SCc2nc(-c3ccccc3Cl)no2)nc2ccsc2c1=O. The average Bonchev–Trinajstić information content (AvgIpc) is 3.32. The van der Waals surface area contributed by atoms with E-state index in [4.69, 9.17) is 16.1 Å².